The van der Waals surface area contributed by atoms with E-state index in [4.69, 9.17) is 39.2 Å². The van der Waals surface area contributed by atoms with E-state index in [0.29, 0.717) is 5.06 Å². The number of aryl methyl sites for hydroxylation is 1. The molecule has 0 saturated heterocycles. The Hall–Kier alpha value is -1.20. The molecule has 0 unspecified atom stereocenters. The molecule has 1 heterocycles. The maximum atomic E-state index is 12.0. The van der Waals surface area contributed by atoms with Crippen molar-refractivity contribution < 1.29 is 14.4 Å². The molecule has 7 heteroatoms. The number of hydrogen-bond donors (Lipinski definition) is 1. The second kappa shape index (κ2) is 5.43. The van der Waals surface area contributed by atoms with Crippen LogP contribution in [0.25, 0.3) is 0 Å². The van der Waals surface area contributed by atoms with Crippen LogP contribution < -0.4 is 5.06 Å². The van der Waals surface area contributed by atoms with Crippen molar-refractivity contribution in [2.45, 2.75) is 6.92 Å². The maximum Gasteiger partial charge on any atom is 0.319 e. The van der Waals surface area contributed by atoms with Crippen molar-refractivity contribution in [1.82, 2.24) is 0 Å². The van der Waals surface area contributed by atoms with Crippen LogP contribution in [-0.2, 0) is 0 Å². The SMILES string of the molecule is Cc1ccc(N(O)C(=O)c2oc(Cl)c(Cl)c2Cl)cc1. The van der Waals surface area contributed by atoms with E-state index in [2.05, 4.69) is 0 Å². The van der Waals surface area contributed by atoms with Gasteiger partial charge in [-0.05, 0) is 30.7 Å². The minimum atomic E-state index is -0.859. The first kappa shape index (κ1) is 14.2. The lowest BCUT2D eigenvalue weighted by Gasteiger charge is -2.13. The van der Waals surface area contributed by atoms with Gasteiger partial charge in [0.25, 0.3) is 0 Å². The molecular weight excluding hydrogens is 312 g/mol. The Bertz CT molecular complexity index is 622. The Morgan fingerprint density at radius 3 is 2.21 bits per heavy atom. The fraction of sp³-hybridized carbons (Fsp3) is 0.0833. The van der Waals surface area contributed by atoms with Gasteiger partial charge in [0.2, 0.25) is 11.0 Å². The third kappa shape index (κ3) is 2.72. The van der Waals surface area contributed by atoms with Gasteiger partial charge in [-0.2, -0.15) is 5.06 Å². The van der Waals surface area contributed by atoms with Crippen molar-refractivity contribution in [3.05, 3.63) is 50.9 Å². The zero-order chi connectivity index (χ0) is 14.2. The molecule has 0 aliphatic carbocycles. The van der Waals surface area contributed by atoms with Gasteiger partial charge < -0.3 is 4.42 Å². The molecule has 100 valence electrons. The lowest BCUT2D eigenvalue weighted by atomic mass is 10.2. The number of carbonyl (C=O) groups excluding carboxylic acids is 1. The highest BCUT2D eigenvalue weighted by Gasteiger charge is 2.26. The second-order valence-corrected chi connectivity index (χ2v) is 4.88. The van der Waals surface area contributed by atoms with E-state index in [-0.39, 0.29) is 26.7 Å². The summed E-state index contributed by atoms with van der Waals surface area (Å²) in [6.07, 6.45) is 0. The largest absolute Gasteiger partial charge is 0.436 e. The van der Waals surface area contributed by atoms with Crippen LogP contribution in [0.3, 0.4) is 0 Å². The molecule has 0 bridgehead atoms. The average Bonchev–Trinajstić information content (AvgIpc) is 2.66. The summed E-state index contributed by atoms with van der Waals surface area (Å²) in [6, 6.07) is 6.64. The van der Waals surface area contributed by atoms with Crippen molar-refractivity contribution in [3.8, 4) is 0 Å². The van der Waals surface area contributed by atoms with E-state index in [0.717, 1.165) is 5.56 Å². The normalized spacial score (nSPS) is 10.6. The minimum absolute atomic E-state index is 0.0658. The van der Waals surface area contributed by atoms with E-state index in [1.165, 1.54) is 0 Å². The molecule has 0 aliphatic heterocycles. The summed E-state index contributed by atoms with van der Waals surface area (Å²) in [7, 11) is 0. The molecule has 1 aromatic carbocycles. The van der Waals surface area contributed by atoms with Crippen LogP contribution in [0.2, 0.25) is 15.3 Å². The van der Waals surface area contributed by atoms with Crippen molar-refractivity contribution in [3.63, 3.8) is 0 Å². The molecule has 2 aromatic rings. The van der Waals surface area contributed by atoms with Crippen molar-refractivity contribution in [2.75, 3.05) is 5.06 Å². The van der Waals surface area contributed by atoms with E-state index < -0.39 is 5.91 Å². The highest BCUT2D eigenvalue weighted by molar-refractivity contribution is 6.48. The first-order chi connectivity index (χ1) is 8.91. The number of hydroxylamine groups is 1. The van der Waals surface area contributed by atoms with Crippen LogP contribution in [0.5, 0.6) is 0 Å². The van der Waals surface area contributed by atoms with Gasteiger partial charge in [-0.3, -0.25) is 10.0 Å². The summed E-state index contributed by atoms with van der Waals surface area (Å²) in [6.45, 7) is 1.89. The first-order valence-corrected chi connectivity index (χ1v) is 6.28. The van der Waals surface area contributed by atoms with Gasteiger partial charge in [-0.1, -0.05) is 40.9 Å². The lowest BCUT2D eigenvalue weighted by Crippen LogP contribution is -2.26. The molecule has 1 N–H and O–H groups in total. The Labute approximate surface area is 124 Å². The number of hydrogen-bond acceptors (Lipinski definition) is 3. The zero-order valence-electron chi connectivity index (χ0n) is 9.65. The van der Waals surface area contributed by atoms with Gasteiger partial charge in [0.1, 0.15) is 10.0 Å². The van der Waals surface area contributed by atoms with Gasteiger partial charge in [0, 0.05) is 0 Å². The maximum absolute atomic E-state index is 12.0. The number of halogens is 3. The van der Waals surface area contributed by atoms with Crippen molar-refractivity contribution in [2.24, 2.45) is 0 Å². The molecule has 1 aromatic heterocycles. The monoisotopic (exact) mass is 319 g/mol. The van der Waals surface area contributed by atoms with Gasteiger partial charge in [0.05, 0.1) is 5.69 Å². The predicted octanol–water partition coefficient (Wildman–Crippen LogP) is 4.58. The van der Waals surface area contributed by atoms with Crippen LogP contribution in [0.4, 0.5) is 5.69 Å². The van der Waals surface area contributed by atoms with Gasteiger partial charge in [-0.15, -0.1) is 0 Å². The number of benzene rings is 1. The summed E-state index contributed by atoms with van der Waals surface area (Å²) in [5, 5.41) is 9.85. The fourth-order valence-electron chi connectivity index (χ4n) is 1.40. The molecule has 0 saturated carbocycles. The topological polar surface area (TPSA) is 53.7 Å². The molecule has 4 nitrogen and oxygen atoms in total. The Morgan fingerprint density at radius 2 is 1.74 bits per heavy atom. The van der Waals surface area contributed by atoms with Crippen molar-refractivity contribution >= 4 is 46.4 Å². The quantitative estimate of drug-likeness (QED) is 0.650. The molecule has 0 fully saturated rings. The number of amides is 1. The molecule has 1 amide bonds. The van der Waals surface area contributed by atoms with Crippen LogP contribution in [0, 0.1) is 6.92 Å². The summed E-state index contributed by atoms with van der Waals surface area (Å²) in [5.74, 6) is -1.18. The summed E-state index contributed by atoms with van der Waals surface area (Å²) in [5.41, 5.74) is 1.27. The zero-order valence-corrected chi connectivity index (χ0v) is 11.9. The van der Waals surface area contributed by atoms with Crippen molar-refractivity contribution in [1.29, 1.82) is 0 Å². The molecule has 0 atom stereocenters. The smallest absolute Gasteiger partial charge is 0.319 e. The van der Waals surface area contributed by atoms with E-state index in [9.17, 15) is 10.0 Å². The first-order valence-electron chi connectivity index (χ1n) is 5.15. The van der Waals surface area contributed by atoms with E-state index in [1.54, 1.807) is 24.3 Å². The third-order valence-electron chi connectivity index (χ3n) is 2.42. The van der Waals surface area contributed by atoms with Crippen LogP contribution in [0.1, 0.15) is 16.1 Å². The van der Waals surface area contributed by atoms with E-state index in [1.807, 2.05) is 6.92 Å². The Kier molecular flexibility index (Phi) is 4.06. The van der Waals surface area contributed by atoms with Gasteiger partial charge >= 0.3 is 5.91 Å². The van der Waals surface area contributed by atoms with Crippen LogP contribution in [0.15, 0.2) is 28.7 Å². The highest BCUT2D eigenvalue weighted by atomic mass is 35.5. The second-order valence-electron chi connectivity index (χ2n) is 3.79. The standard InChI is InChI=1S/C12H8Cl3NO3/c1-6-2-4-7(5-3-6)16(18)12(17)10-8(13)9(14)11(15)19-10/h2-5,18H,1H3. The molecule has 0 aliphatic rings. The predicted molar refractivity (Wildman–Crippen MR) is 73.5 cm³/mol. The fourth-order valence-corrected chi connectivity index (χ4v) is 1.95. The van der Waals surface area contributed by atoms with Gasteiger partial charge in [-0.25, -0.2) is 0 Å². The Balaban J connectivity index is 2.33. The van der Waals surface area contributed by atoms with E-state index >= 15 is 0 Å². The summed E-state index contributed by atoms with van der Waals surface area (Å²) < 4.78 is 4.92. The summed E-state index contributed by atoms with van der Waals surface area (Å²) in [4.78, 5) is 12.0. The average molecular weight is 321 g/mol. The Morgan fingerprint density at radius 1 is 1.16 bits per heavy atom. The number of nitrogens with zero attached hydrogens (tertiary/aromatic N) is 1. The third-order valence-corrected chi connectivity index (χ3v) is 3.60. The number of rotatable bonds is 2. The molecular formula is C12H8Cl3NO3. The minimum Gasteiger partial charge on any atom is -0.436 e. The van der Waals surface area contributed by atoms with Gasteiger partial charge in [0.15, 0.2) is 0 Å². The molecule has 19 heavy (non-hydrogen) atoms. The molecule has 0 spiro atoms. The molecule has 2 rings (SSSR count). The lowest BCUT2D eigenvalue weighted by molar-refractivity contribution is 0.0826. The number of carbonyl (C=O) groups is 1. The number of furan rings is 1. The summed E-state index contributed by atoms with van der Waals surface area (Å²) >= 11 is 17.1. The highest BCUT2D eigenvalue weighted by Crippen LogP contribution is 2.36. The van der Waals surface area contributed by atoms with Crippen LogP contribution >= 0.6 is 34.8 Å². The molecule has 0 radical (unpaired) electrons. The number of anilines is 1. The van der Waals surface area contributed by atoms with Crippen LogP contribution in [-0.4, -0.2) is 11.1 Å².